The SMILES string of the molecule is O=S(=O)(c1cn(-c2ccccc2)nc1-c1cccs1)N1CCN(CCO)CC1. The number of aromatic nitrogens is 2. The van der Waals surface area contributed by atoms with Crippen molar-refractivity contribution in [1.82, 2.24) is 19.0 Å². The van der Waals surface area contributed by atoms with E-state index in [-0.39, 0.29) is 11.5 Å². The van der Waals surface area contributed by atoms with Crippen molar-refractivity contribution < 1.29 is 13.5 Å². The van der Waals surface area contributed by atoms with Gasteiger partial charge in [0.25, 0.3) is 0 Å². The van der Waals surface area contributed by atoms with Crippen molar-refractivity contribution in [2.75, 3.05) is 39.3 Å². The summed E-state index contributed by atoms with van der Waals surface area (Å²) < 4.78 is 30.0. The molecule has 7 nitrogen and oxygen atoms in total. The molecule has 1 aliphatic rings. The van der Waals surface area contributed by atoms with Gasteiger partial charge in [0.2, 0.25) is 10.0 Å². The summed E-state index contributed by atoms with van der Waals surface area (Å²) in [5.41, 5.74) is 1.30. The van der Waals surface area contributed by atoms with Crippen molar-refractivity contribution in [1.29, 1.82) is 0 Å². The van der Waals surface area contributed by atoms with E-state index < -0.39 is 10.0 Å². The maximum Gasteiger partial charge on any atom is 0.246 e. The second-order valence-corrected chi connectivity index (χ2v) is 9.42. The molecule has 1 saturated heterocycles. The first-order valence-corrected chi connectivity index (χ1v) is 11.4. The monoisotopic (exact) mass is 418 g/mol. The molecule has 3 aromatic rings. The van der Waals surface area contributed by atoms with Gasteiger partial charge in [-0.05, 0) is 23.6 Å². The van der Waals surface area contributed by atoms with Gasteiger partial charge in [-0.1, -0.05) is 24.3 Å². The van der Waals surface area contributed by atoms with Gasteiger partial charge in [-0.3, -0.25) is 4.90 Å². The van der Waals surface area contributed by atoms with Gasteiger partial charge in [0.1, 0.15) is 10.6 Å². The molecular weight excluding hydrogens is 396 g/mol. The molecule has 4 rings (SSSR count). The van der Waals surface area contributed by atoms with Crippen LogP contribution in [0.3, 0.4) is 0 Å². The van der Waals surface area contributed by atoms with E-state index in [0.717, 1.165) is 10.6 Å². The van der Waals surface area contributed by atoms with E-state index in [1.807, 2.05) is 47.8 Å². The first-order chi connectivity index (χ1) is 13.6. The minimum absolute atomic E-state index is 0.0825. The highest BCUT2D eigenvalue weighted by molar-refractivity contribution is 7.89. The van der Waals surface area contributed by atoms with Crippen LogP contribution in [0.25, 0.3) is 16.3 Å². The maximum atomic E-state index is 13.4. The summed E-state index contributed by atoms with van der Waals surface area (Å²) in [6.07, 6.45) is 1.61. The van der Waals surface area contributed by atoms with Gasteiger partial charge in [-0.15, -0.1) is 11.3 Å². The van der Waals surface area contributed by atoms with E-state index in [0.29, 0.717) is 38.4 Å². The quantitative estimate of drug-likeness (QED) is 0.662. The van der Waals surface area contributed by atoms with Crippen LogP contribution < -0.4 is 0 Å². The number of sulfonamides is 1. The maximum absolute atomic E-state index is 13.4. The van der Waals surface area contributed by atoms with Gasteiger partial charge in [0.05, 0.1) is 23.4 Å². The average Bonchev–Trinajstić information content (AvgIpc) is 3.39. The molecule has 1 aromatic carbocycles. The Morgan fingerprint density at radius 2 is 1.79 bits per heavy atom. The summed E-state index contributed by atoms with van der Waals surface area (Å²) in [6, 6.07) is 13.3. The number of rotatable bonds is 6. The summed E-state index contributed by atoms with van der Waals surface area (Å²) >= 11 is 1.47. The van der Waals surface area contributed by atoms with Crippen LogP contribution in [0.2, 0.25) is 0 Å². The topological polar surface area (TPSA) is 78.7 Å². The molecule has 148 valence electrons. The van der Waals surface area contributed by atoms with Crippen LogP contribution in [0.15, 0.2) is 58.9 Å². The van der Waals surface area contributed by atoms with E-state index in [1.54, 1.807) is 10.9 Å². The lowest BCUT2D eigenvalue weighted by Gasteiger charge is -2.33. The average molecular weight is 419 g/mol. The zero-order valence-electron chi connectivity index (χ0n) is 15.3. The molecule has 1 N–H and O–H groups in total. The van der Waals surface area contributed by atoms with Gasteiger partial charge in [0, 0.05) is 32.7 Å². The number of hydrogen-bond donors (Lipinski definition) is 1. The fraction of sp³-hybridized carbons (Fsp3) is 0.316. The normalized spacial score (nSPS) is 16.5. The van der Waals surface area contributed by atoms with Crippen molar-refractivity contribution in [2.45, 2.75) is 4.90 Å². The van der Waals surface area contributed by atoms with Gasteiger partial charge in [-0.25, -0.2) is 13.1 Å². The number of nitrogens with zero attached hydrogens (tertiary/aromatic N) is 4. The van der Waals surface area contributed by atoms with E-state index in [2.05, 4.69) is 10.00 Å². The van der Waals surface area contributed by atoms with Gasteiger partial charge >= 0.3 is 0 Å². The van der Waals surface area contributed by atoms with Gasteiger partial charge in [-0.2, -0.15) is 9.40 Å². The van der Waals surface area contributed by atoms with Crippen molar-refractivity contribution in [3.8, 4) is 16.3 Å². The van der Waals surface area contributed by atoms with E-state index in [4.69, 9.17) is 5.11 Å². The van der Waals surface area contributed by atoms with Crippen molar-refractivity contribution in [3.05, 3.63) is 54.0 Å². The zero-order chi connectivity index (χ0) is 19.6. The summed E-state index contributed by atoms with van der Waals surface area (Å²) in [6.45, 7) is 2.69. The number of piperazine rings is 1. The predicted molar refractivity (Wildman–Crippen MR) is 109 cm³/mol. The molecule has 0 radical (unpaired) electrons. The Morgan fingerprint density at radius 3 is 2.43 bits per heavy atom. The Hall–Kier alpha value is -2.04. The first kappa shape index (κ1) is 19.3. The highest BCUT2D eigenvalue weighted by atomic mass is 32.2. The summed E-state index contributed by atoms with van der Waals surface area (Å²) in [7, 11) is -3.68. The van der Waals surface area contributed by atoms with Crippen LogP contribution in [0.5, 0.6) is 0 Å². The molecule has 0 unspecified atom stereocenters. The van der Waals surface area contributed by atoms with E-state index in [9.17, 15) is 8.42 Å². The van der Waals surface area contributed by atoms with Crippen LogP contribution in [0, 0.1) is 0 Å². The highest BCUT2D eigenvalue weighted by Crippen LogP contribution is 2.32. The van der Waals surface area contributed by atoms with Crippen LogP contribution in [-0.2, 0) is 10.0 Å². The summed E-state index contributed by atoms with van der Waals surface area (Å²) in [5, 5.41) is 15.6. The lowest BCUT2D eigenvalue weighted by Crippen LogP contribution is -2.49. The van der Waals surface area contributed by atoms with Crippen LogP contribution in [-0.4, -0.2) is 71.8 Å². The minimum atomic E-state index is -3.68. The summed E-state index contributed by atoms with van der Waals surface area (Å²) in [5.74, 6) is 0. The largest absolute Gasteiger partial charge is 0.395 e. The number of thiophene rings is 1. The van der Waals surface area contributed by atoms with Crippen molar-refractivity contribution >= 4 is 21.4 Å². The third-order valence-corrected chi connectivity index (χ3v) is 7.60. The molecule has 1 fully saturated rings. The summed E-state index contributed by atoms with van der Waals surface area (Å²) in [4.78, 5) is 3.13. The molecule has 0 spiro atoms. The fourth-order valence-electron chi connectivity index (χ4n) is 3.32. The number of hydrogen-bond acceptors (Lipinski definition) is 6. The van der Waals surface area contributed by atoms with Gasteiger partial charge < -0.3 is 5.11 Å². The molecule has 0 amide bonds. The predicted octanol–water partition coefficient (Wildman–Crippen LogP) is 1.90. The first-order valence-electron chi connectivity index (χ1n) is 9.12. The Balaban J connectivity index is 1.71. The molecule has 3 heterocycles. The lowest BCUT2D eigenvalue weighted by atomic mass is 10.3. The third kappa shape index (κ3) is 3.76. The Labute approximate surface area is 168 Å². The fourth-order valence-corrected chi connectivity index (χ4v) is 5.66. The zero-order valence-corrected chi connectivity index (χ0v) is 16.9. The molecule has 0 saturated carbocycles. The smallest absolute Gasteiger partial charge is 0.246 e. The minimum Gasteiger partial charge on any atom is -0.395 e. The molecule has 0 bridgehead atoms. The standard InChI is InChI=1S/C19H22N4O3S2/c24-13-12-21-8-10-22(11-9-21)28(25,26)18-15-23(16-5-2-1-3-6-16)20-19(18)17-7-4-14-27-17/h1-7,14-15,24H,8-13H2. The molecule has 0 aliphatic carbocycles. The number of β-amino-alcohol motifs (C(OH)–C–C–N with tert-alkyl or cyclic N) is 1. The Morgan fingerprint density at radius 1 is 1.04 bits per heavy atom. The molecule has 28 heavy (non-hydrogen) atoms. The second kappa shape index (κ2) is 8.14. The van der Waals surface area contributed by atoms with Crippen LogP contribution in [0.4, 0.5) is 0 Å². The van der Waals surface area contributed by atoms with Crippen molar-refractivity contribution in [3.63, 3.8) is 0 Å². The number of para-hydroxylation sites is 1. The molecule has 2 aromatic heterocycles. The Bertz CT molecular complexity index is 1010. The molecule has 0 atom stereocenters. The molecule has 1 aliphatic heterocycles. The van der Waals surface area contributed by atoms with Crippen LogP contribution in [0.1, 0.15) is 0 Å². The van der Waals surface area contributed by atoms with E-state index in [1.165, 1.54) is 15.6 Å². The highest BCUT2D eigenvalue weighted by Gasteiger charge is 2.33. The van der Waals surface area contributed by atoms with Gasteiger partial charge in [0.15, 0.2) is 0 Å². The molecule has 9 heteroatoms. The number of aliphatic hydroxyl groups is 1. The van der Waals surface area contributed by atoms with E-state index >= 15 is 0 Å². The van der Waals surface area contributed by atoms with Crippen LogP contribution >= 0.6 is 11.3 Å². The number of benzene rings is 1. The Kier molecular flexibility index (Phi) is 5.61. The number of aliphatic hydroxyl groups excluding tert-OH is 1. The van der Waals surface area contributed by atoms with Crippen molar-refractivity contribution in [2.24, 2.45) is 0 Å². The molecular formula is C19H22N4O3S2. The lowest BCUT2D eigenvalue weighted by molar-refractivity contribution is 0.151. The second-order valence-electron chi connectivity index (χ2n) is 6.57. The third-order valence-electron chi connectivity index (χ3n) is 4.82.